The van der Waals surface area contributed by atoms with Crippen LogP contribution in [0.2, 0.25) is 0 Å². The molecule has 2 heterocycles. The van der Waals surface area contributed by atoms with Gasteiger partial charge in [0.05, 0.1) is 30.3 Å². The van der Waals surface area contributed by atoms with Crippen LogP contribution in [0.3, 0.4) is 0 Å². The van der Waals surface area contributed by atoms with Crippen molar-refractivity contribution in [3.05, 3.63) is 84.5 Å². The quantitative estimate of drug-likeness (QED) is 0.353. The first-order valence-electron chi connectivity index (χ1n) is 12.9. The van der Waals surface area contributed by atoms with E-state index in [0.717, 1.165) is 49.0 Å². The van der Waals surface area contributed by atoms with Crippen molar-refractivity contribution in [2.75, 3.05) is 18.1 Å². The van der Waals surface area contributed by atoms with Gasteiger partial charge in [0, 0.05) is 6.07 Å². The SMILES string of the molecule is CCCNCC1CCC(N(c2cccc(OCc3ccccc3)c2)[N+]23C=CN=CC2=CN=C3)CC1. The van der Waals surface area contributed by atoms with Crippen molar-refractivity contribution < 1.29 is 9.33 Å². The molecule has 0 bridgehead atoms. The van der Waals surface area contributed by atoms with Gasteiger partial charge < -0.3 is 10.1 Å². The molecule has 2 aliphatic heterocycles. The molecule has 1 atom stereocenters. The van der Waals surface area contributed by atoms with Crippen LogP contribution in [-0.2, 0) is 6.61 Å². The van der Waals surface area contributed by atoms with Crippen LogP contribution in [0.15, 0.2) is 88.9 Å². The zero-order valence-electron chi connectivity index (χ0n) is 20.6. The van der Waals surface area contributed by atoms with Crippen LogP contribution in [0.1, 0.15) is 44.6 Å². The number of nitrogens with one attached hydrogen (secondary N) is 1. The van der Waals surface area contributed by atoms with E-state index in [2.05, 4.69) is 63.8 Å². The van der Waals surface area contributed by atoms with E-state index in [1.165, 1.54) is 24.8 Å². The lowest BCUT2D eigenvalue weighted by Gasteiger charge is -2.45. The van der Waals surface area contributed by atoms with E-state index < -0.39 is 0 Å². The van der Waals surface area contributed by atoms with Crippen LogP contribution in [0.25, 0.3) is 0 Å². The summed E-state index contributed by atoms with van der Waals surface area (Å²) in [4.78, 5) is 8.96. The van der Waals surface area contributed by atoms with Gasteiger partial charge >= 0.3 is 0 Å². The highest BCUT2D eigenvalue weighted by Gasteiger charge is 2.45. The van der Waals surface area contributed by atoms with Crippen LogP contribution in [-0.4, -0.2) is 36.3 Å². The number of aliphatic imine (C=N–C) groups is 2. The van der Waals surface area contributed by atoms with Crippen molar-refractivity contribution in [3.63, 3.8) is 0 Å². The van der Waals surface area contributed by atoms with Crippen molar-refractivity contribution in [2.24, 2.45) is 15.9 Å². The van der Waals surface area contributed by atoms with Crippen molar-refractivity contribution >= 4 is 18.2 Å². The number of ether oxygens (including phenoxy) is 1. The van der Waals surface area contributed by atoms with E-state index in [9.17, 15) is 0 Å². The molecule has 6 heteroatoms. The topological polar surface area (TPSA) is 49.2 Å². The molecular formula is C29H36N5O+. The Hall–Kier alpha value is -3.22. The smallest absolute Gasteiger partial charge is 0.225 e. The fourth-order valence-corrected chi connectivity index (χ4v) is 5.34. The molecule has 1 unspecified atom stereocenters. The molecule has 0 amide bonds. The average molecular weight is 471 g/mol. The van der Waals surface area contributed by atoms with Gasteiger partial charge in [-0.3, -0.25) is 4.99 Å². The summed E-state index contributed by atoms with van der Waals surface area (Å²) in [6, 6.07) is 19.2. The summed E-state index contributed by atoms with van der Waals surface area (Å²) in [5, 5.41) is 6.13. The first kappa shape index (κ1) is 23.5. The van der Waals surface area contributed by atoms with Crippen molar-refractivity contribution in [1.29, 1.82) is 0 Å². The molecule has 2 aromatic rings. The summed E-state index contributed by atoms with van der Waals surface area (Å²) < 4.78 is 6.66. The summed E-state index contributed by atoms with van der Waals surface area (Å²) in [5.74, 6) is 1.63. The molecule has 0 saturated heterocycles. The second-order valence-electron chi connectivity index (χ2n) is 9.63. The maximum absolute atomic E-state index is 6.20. The van der Waals surface area contributed by atoms with Gasteiger partial charge in [-0.05, 0) is 68.8 Å². The predicted molar refractivity (Wildman–Crippen MR) is 143 cm³/mol. The molecule has 0 aromatic heterocycles. The maximum Gasteiger partial charge on any atom is 0.225 e. The van der Waals surface area contributed by atoms with Crippen LogP contribution in [0.5, 0.6) is 5.75 Å². The summed E-state index contributed by atoms with van der Waals surface area (Å²) in [5.41, 5.74) is 3.37. The molecule has 0 radical (unpaired) electrons. The number of nitrogens with zero attached hydrogens (tertiary/aromatic N) is 4. The Labute approximate surface area is 208 Å². The second-order valence-corrected chi connectivity index (χ2v) is 9.63. The fraction of sp³-hybridized carbons (Fsp3) is 0.379. The van der Waals surface area contributed by atoms with Gasteiger partial charge in [0.25, 0.3) is 0 Å². The highest BCUT2D eigenvalue weighted by molar-refractivity contribution is 5.82. The number of quaternary nitrogens is 1. The van der Waals surface area contributed by atoms with Gasteiger partial charge in [-0.2, -0.15) is 0 Å². The Kier molecular flexibility index (Phi) is 7.40. The molecule has 182 valence electrons. The standard InChI is InChI=1S/C29H36N5O/c1-2-15-30-19-24-11-13-26(14-12-24)33(34-17-16-31-20-28(34)21-32-23-34)27-9-6-10-29(18-27)35-22-25-7-4-3-5-8-25/h3-10,16-18,20-21,23-24,26,30H,2,11-15,19,22H2,1H3/q+1. The minimum absolute atomic E-state index is 0.394. The Bertz CT molecular complexity index is 1100. The van der Waals surface area contributed by atoms with E-state index in [1.54, 1.807) is 0 Å². The number of rotatable bonds is 10. The summed E-state index contributed by atoms with van der Waals surface area (Å²) >= 11 is 0. The molecule has 1 N–H and O–H groups in total. The number of benzene rings is 2. The lowest BCUT2D eigenvalue weighted by atomic mass is 9.85. The van der Waals surface area contributed by atoms with Crippen molar-refractivity contribution in [3.8, 4) is 5.75 Å². The van der Waals surface area contributed by atoms with Gasteiger partial charge in [0.2, 0.25) is 12.0 Å². The molecule has 1 aliphatic carbocycles. The molecule has 2 aromatic carbocycles. The molecule has 1 fully saturated rings. The van der Waals surface area contributed by atoms with Gasteiger partial charge in [0.15, 0.2) is 6.20 Å². The monoisotopic (exact) mass is 470 g/mol. The Morgan fingerprint density at radius 1 is 1.03 bits per heavy atom. The Balaban J connectivity index is 1.39. The molecule has 6 nitrogen and oxygen atoms in total. The molecule has 5 rings (SSSR count). The third-order valence-corrected chi connectivity index (χ3v) is 7.16. The van der Waals surface area contributed by atoms with Gasteiger partial charge in [-0.25, -0.2) is 10.0 Å². The second kappa shape index (κ2) is 11.0. The molecule has 35 heavy (non-hydrogen) atoms. The normalized spacial score (nSPS) is 24.8. The highest BCUT2D eigenvalue weighted by atomic mass is 16.5. The van der Waals surface area contributed by atoms with E-state index in [1.807, 2.05) is 49.2 Å². The van der Waals surface area contributed by atoms with Crippen LogP contribution in [0.4, 0.5) is 5.69 Å². The lowest BCUT2D eigenvalue weighted by Crippen LogP contribution is -2.60. The summed E-state index contributed by atoms with van der Waals surface area (Å²) in [6.07, 6.45) is 15.8. The van der Waals surface area contributed by atoms with E-state index in [-0.39, 0.29) is 0 Å². The molecule has 1 saturated carbocycles. The fourth-order valence-electron chi connectivity index (χ4n) is 5.34. The zero-order valence-corrected chi connectivity index (χ0v) is 20.6. The Morgan fingerprint density at radius 3 is 2.71 bits per heavy atom. The predicted octanol–water partition coefficient (Wildman–Crippen LogP) is 5.80. The summed E-state index contributed by atoms with van der Waals surface area (Å²) in [6.45, 7) is 5.02. The van der Waals surface area contributed by atoms with Crippen LogP contribution >= 0.6 is 0 Å². The Morgan fingerprint density at radius 2 is 1.89 bits per heavy atom. The largest absolute Gasteiger partial charge is 0.489 e. The van der Waals surface area contributed by atoms with Gasteiger partial charge in [-0.1, -0.05) is 43.3 Å². The first-order valence-corrected chi connectivity index (χ1v) is 12.9. The van der Waals surface area contributed by atoms with Crippen LogP contribution in [0, 0.1) is 5.92 Å². The number of allylic oxidation sites excluding steroid dienone is 1. The lowest BCUT2D eigenvalue weighted by molar-refractivity contribution is -0.746. The van der Waals surface area contributed by atoms with Crippen molar-refractivity contribution in [1.82, 2.24) is 5.32 Å². The van der Waals surface area contributed by atoms with E-state index in [0.29, 0.717) is 17.2 Å². The third kappa shape index (κ3) is 5.24. The van der Waals surface area contributed by atoms with Crippen molar-refractivity contribution in [2.45, 2.75) is 51.7 Å². The van der Waals surface area contributed by atoms with E-state index in [4.69, 9.17) is 4.74 Å². The molecule has 3 aliphatic rings. The minimum atomic E-state index is 0.394. The highest BCUT2D eigenvalue weighted by Crippen LogP contribution is 2.39. The average Bonchev–Trinajstić information content (AvgIpc) is 3.34. The number of hydrogen-bond acceptors (Lipinski definition) is 5. The third-order valence-electron chi connectivity index (χ3n) is 7.16. The molecular weight excluding hydrogens is 434 g/mol. The first-order chi connectivity index (χ1) is 17.3. The minimum Gasteiger partial charge on any atom is -0.489 e. The zero-order chi connectivity index (χ0) is 23.9. The maximum atomic E-state index is 6.20. The number of hydrogen-bond donors (Lipinski definition) is 1. The summed E-state index contributed by atoms with van der Waals surface area (Å²) in [7, 11) is 0. The van der Waals surface area contributed by atoms with E-state index >= 15 is 0 Å². The number of fused-ring (bicyclic) bond motifs is 1. The van der Waals surface area contributed by atoms with Gasteiger partial charge in [0.1, 0.15) is 12.4 Å². The number of anilines is 1. The molecule has 0 spiro atoms. The van der Waals surface area contributed by atoms with Crippen LogP contribution < -0.4 is 15.1 Å². The van der Waals surface area contributed by atoms with Gasteiger partial charge in [-0.15, -0.1) is 4.59 Å².